The molecular weight excluding hydrogens is 176 g/mol. The van der Waals surface area contributed by atoms with E-state index < -0.39 is 0 Å². The van der Waals surface area contributed by atoms with Crippen molar-refractivity contribution in [2.75, 3.05) is 0 Å². The van der Waals surface area contributed by atoms with Gasteiger partial charge in [-0.25, -0.2) is 0 Å². The molecule has 2 heteroatoms. The SMILES string of the molecule is Cc1c(O)c(C=O)cc2c1CCCC2. The Morgan fingerprint density at radius 2 is 2.07 bits per heavy atom. The maximum absolute atomic E-state index is 10.7. The van der Waals surface area contributed by atoms with Crippen LogP contribution in [0.5, 0.6) is 5.75 Å². The van der Waals surface area contributed by atoms with E-state index in [-0.39, 0.29) is 5.75 Å². The molecule has 74 valence electrons. The summed E-state index contributed by atoms with van der Waals surface area (Å²) in [5.41, 5.74) is 3.82. The van der Waals surface area contributed by atoms with Crippen molar-refractivity contribution in [2.45, 2.75) is 32.6 Å². The van der Waals surface area contributed by atoms with Crippen LogP contribution in [-0.4, -0.2) is 11.4 Å². The summed E-state index contributed by atoms with van der Waals surface area (Å²) in [7, 11) is 0. The summed E-state index contributed by atoms with van der Waals surface area (Å²) in [6, 6.07) is 1.84. The molecule has 0 atom stereocenters. The minimum Gasteiger partial charge on any atom is -0.507 e. The van der Waals surface area contributed by atoms with Crippen LogP contribution >= 0.6 is 0 Å². The average Bonchev–Trinajstić information content (AvgIpc) is 2.23. The monoisotopic (exact) mass is 190 g/mol. The molecule has 1 aromatic rings. The number of aromatic hydroxyl groups is 1. The van der Waals surface area contributed by atoms with Crippen LogP contribution in [0.3, 0.4) is 0 Å². The number of carbonyl (C=O) groups is 1. The van der Waals surface area contributed by atoms with Crippen LogP contribution in [0.25, 0.3) is 0 Å². The first-order chi connectivity index (χ1) is 6.74. The fraction of sp³-hybridized carbons (Fsp3) is 0.417. The second-order valence-electron chi connectivity index (χ2n) is 3.90. The summed E-state index contributed by atoms with van der Waals surface area (Å²) < 4.78 is 0. The van der Waals surface area contributed by atoms with E-state index in [1.54, 1.807) is 0 Å². The fourth-order valence-electron chi connectivity index (χ4n) is 2.22. The Balaban J connectivity index is 2.62. The summed E-state index contributed by atoms with van der Waals surface area (Å²) in [5.74, 6) is 0.167. The maximum Gasteiger partial charge on any atom is 0.153 e. The Labute approximate surface area is 83.6 Å². The number of aldehydes is 1. The molecule has 1 aliphatic rings. The summed E-state index contributed by atoms with van der Waals surface area (Å²) in [6.45, 7) is 1.90. The van der Waals surface area contributed by atoms with E-state index >= 15 is 0 Å². The van der Waals surface area contributed by atoms with Gasteiger partial charge in [0.25, 0.3) is 0 Å². The van der Waals surface area contributed by atoms with Crippen molar-refractivity contribution in [2.24, 2.45) is 0 Å². The summed E-state index contributed by atoms with van der Waals surface area (Å²) in [6.07, 6.45) is 5.19. The fourth-order valence-corrected chi connectivity index (χ4v) is 2.22. The minimum atomic E-state index is 0.167. The predicted molar refractivity (Wildman–Crippen MR) is 54.9 cm³/mol. The van der Waals surface area contributed by atoms with E-state index in [4.69, 9.17) is 0 Å². The summed E-state index contributed by atoms with van der Waals surface area (Å²) >= 11 is 0. The number of phenols is 1. The van der Waals surface area contributed by atoms with Gasteiger partial charge in [-0.3, -0.25) is 4.79 Å². The second-order valence-corrected chi connectivity index (χ2v) is 3.90. The van der Waals surface area contributed by atoms with Crippen LogP contribution in [-0.2, 0) is 12.8 Å². The van der Waals surface area contributed by atoms with Gasteiger partial charge in [-0.2, -0.15) is 0 Å². The molecule has 0 aliphatic heterocycles. The molecule has 0 amide bonds. The van der Waals surface area contributed by atoms with Gasteiger partial charge in [0.2, 0.25) is 0 Å². The van der Waals surface area contributed by atoms with Crippen molar-refractivity contribution in [1.29, 1.82) is 0 Å². The highest BCUT2D eigenvalue weighted by Gasteiger charge is 2.16. The Hall–Kier alpha value is -1.31. The second kappa shape index (κ2) is 3.45. The highest BCUT2D eigenvalue weighted by atomic mass is 16.3. The number of rotatable bonds is 1. The quantitative estimate of drug-likeness (QED) is 0.690. The molecule has 0 bridgehead atoms. The third-order valence-electron chi connectivity index (χ3n) is 3.05. The average molecular weight is 190 g/mol. The highest BCUT2D eigenvalue weighted by molar-refractivity contribution is 5.81. The van der Waals surface area contributed by atoms with Gasteiger partial charge in [0.15, 0.2) is 6.29 Å². The van der Waals surface area contributed by atoms with E-state index in [0.29, 0.717) is 5.56 Å². The van der Waals surface area contributed by atoms with Crippen LogP contribution in [0, 0.1) is 6.92 Å². The number of fused-ring (bicyclic) bond motifs is 1. The van der Waals surface area contributed by atoms with Crippen LogP contribution in [0.1, 0.15) is 39.9 Å². The molecule has 14 heavy (non-hydrogen) atoms. The van der Waals surface area contributed by atoms with Crippen molar-refractivity contribution >= 4 is 6.29 Å². The van der Waals surface area contributed by atoms with E-state index in [0.717, 1.165) is 24.7 Å². The molecule has 1 aromatic carbocycles. The lowest BCUT2D eigenvalue weighted by molar-refractivity contribution is 0.112. The van der Waals surface area contributed by atoms with Gasteiger partial charge in [0.1, 0.15) is 5.75 Å². The Bertz CT molecular complexity index is 380. The van der Waals surface area contributed by atoms with E-state index in [1.807, 2.05) is 13.0 Å². The van der Waals surface area contributed by atoms with E-state index in [1.165, 1.54) is 24.0 Å². The van der Waals surface area contributed by atoms with Crippen LogP contribution in [0.2, 0.25) is 0 Å². The number of benzene rings is 1. The van der Waals surface area contributed by atoms with Crippen LogP contribution in [0.15, 0.2) is 6.07 Å². The summed E-state index contributed by atoms with van der Waals surface area (Å²) in [5, 5.41) is 9.72. The molecule has 2 rings (SSSR count). The molecule has 0 spiro atoms. The Morgan fingerprint density at radius 1 is 1.36 bits per heavy atom. The van der Waals surface area contributed by atoms with Gasteiger partial charge in [0.05, 0.1) is 5.56 Å². The topological polar surface area (TPSA) is 37.3 Å². The zero-order valence-electron chi connectivity index (χ0n) is 8.34. The lowest BCUT2D eigenvalue weighted by Crippen LogP contribution is -2.06. The van der Waals surface area contributed by atoms with E-state index in [9.17, 15) is 9.90 Å². The molecule has 0 radical (unpaired) electrons. The smallest absolute Gasteiger partial charge is 0.153 e. The molecule has 0 aromatic heterocycles. The number of hydrogen-bond acceptors (Lipinski definition) is 2. The molecule has 2 nitrogen and oxygen atoms in total. The first-order valence-corrected chi connectivity index (χ1v) is 5.03. The number of carbonyl (C=O) groups excluding carboxylic acids is 1. The molecule has 0 saturated carbocycles. The van der Waals surface area contributed by atoms with E-state index in [2.05, 4.69) is 0 Å². The molecule has 0 unspecified atom stereocenters. The van der Waals surface area contributed by atoms with Crippen LogP contribution in [0.4, 0.5) is 0 Å². The molecule has 1 aliphatic carbocycles. The third-order valence-corrected chi connectivity index (χ3v) is 3.05. The van der Waals surface area contributed by atoms with Gasteiger partial charge in [0, 0.05) is 0 Å². The predicted octanol–water partition coefficient (Wildman–Crippen LogP) is 2.39. The Kier molecular flexibility index (Phi) is 2.28. The lowest BCUT2D eigenvalue weighted by Gasteiger charge is -2.19. The van der Waals surface area contributed by atoms with Crippen molar-refractivity contribution in [3.05, 3.63) is 28.3 Å². The molecule has 0 saturated heterocycles. The Morgan fingerprint density at radius 3 is 2.79 bits per heavy atom. The minimum absolute atomic E-state index is 0.167. The maximum atomic E-state index is 10.7. The molecular formula is C12H14O2. The van der Waals surface area contributed by atoms with Gasteiger partial charge >= 0.3 is 0 Å². The van der Waals surface area contributed by atoms with Gasteiger partial charge in [-0.1, -0.05) is 0 Å². The largest absolute Gasteiger partial charge is 0.507 e. The van der Waals surface area contributed by atoms with Gasteiger partial charge in [-0.05, 0) is 55.4 Å². The molecule has 0 fully saturated rings. The zero-order valence-corrected chi connectivity index (χ0v) is 8.34. The van der Waals surface area contributed by atoms with Gasteiger partial charge in [-0.15, -0.1) is 0 Å². The highest BCUT2D eigenvalue weighted by Crippen LogP contribution is 2.32. The van der Waals surface area contributed by atoms with Crippen LogP contribution < -0.4 is 0 Å². The summed E-state index contributed by atoms with van der Waals surface area (Å²) in [4.78, 5) is 10.7. The number of phenolic OH excluding ortho intramolecular Hbond substituents is 1. The third kappa shape index (κ3) is 1.31. The van der Waals surface area contributed by atoms with Gasteiger partial charge < -0.3 is 5.11 Å². The first kappa shape index (κ1) is 9.25. The van der Waals surface area contributed by atoms with Crippen molar-refractivity contribution in [3.63, 3.8) is 0 Å². The van der Waals surface area contributed by atoms with Crippen molar-refractivity contribution in [1.82, 2.24) is 0 Å². The number of hydrogen-bond donors (Lipinski definition) is 1. The first-order valence-electron chi connectivity index (χ1n) is 5.03. The normalized spacial score (nSPS) is 14.9. The standard InChI is InChI=1S/C12H14O2/c1-8-11-5-3-2-4-9(11)6-10(7-13)12(8)14/h6-7,14H,2-5H2,1H3. The molecule has 0 heterocycles. The number of aryl methyl sites for hydroxylation is 1. The van der Waals surface area contributed by atoms with Crippen molar-refractivity contribution < 1.29 is 9.90 Å². The zero-order chi connectivity index (χ0) is 10.1. The molecule has 1 N–H and O–H groups in total. The lowest BCUT2D eigenvalue weighted by atomic mass is 9.87. The van der Waals surface area contributed by atoms with Crippen molar-refractivity contribution in [3.8, 4) is 5.75 Å².